The molecule has 0 saturated carbocycles. The van der Waals surface area contributed by atoms with E-state index in [1.165, 1.54) is 0 Å². The topological polar surface area (TPSA) is 82.4 Å². The van der Waals surface area contributed by atoms with Gasteiger partial charge in [-0.05, 0) is 39.3 Å². The normalized spacial score (nSPS) is 21.5. The highest BCUT2D eigenvalue weighted by molar-refractivity contribution is 5.95. The van der Waals surface area contributed by atoms with E-state index in [2.05, 4.69) is 10.2 Å². The number of aryl methyl sites for hydroxylation is 3. The molecule has 1 fully saturated rings. The van der Waals surface area contributed by atoms with Gasteiger partial charge in [0.25, 0.3) is 5.91 Å². The van der Waals surface area contributed by atoms with Gasteiger partial charge in [0.05, 0.1) is 17.4 Å². The van der Waals surface area contributed by atoms with Crippen LogP contribution in [0.3, 0.4) is 0 Å². The van der Waals surface area contributed by atoms with Crippen molar-refractivity contribution in [3.05, 3.63) is 40.6 Å². The summed E-state index contributed by atoms with van der Waals surface area (Å²) in [6, 6.07) is 3.73. The number of aromatic amines is 1. The monoisotopic (exact) mass is 303 g/mol. The molecule has 3 heterocycles. The summed E-state index contributed by atoms with van der Waals surface area (Å²) in [6.07, 6.45) is 0.146. The second-order valence-corrected chi connectivity index (χ2v) is 6.11. The zero-order valence-electron chi connectivity index (χ0n) is 13.1. The number of nitrogens with zero attached hydrogens (tertiary/aromatic N) is 2. The van der Waals surface area contributed by atoms with E-state index in [0.29, 0.717) is 30.8 Å². The van der Waals surface area contributed by atoms with Gasteiger partial charge in [-0.3, -0.25) is 9.89 Å². The second kappa shape index (κ2) is 5.61. The highest BCUT2D eigenvalue weighted by Crippen LogP contribution is 2.24. The van der Waals surface area contributed by atoms with Gasteiger partial charge in [-0.1, -0.05) is 0 Å². The first-order valence-electron chi connectivity index (χ1n) is 7.49. The summed E-state index contributed by atoms with van der Waals surface area (Å²) >= 11 is 0. The number of hydrogen-bond donors (Lipinski definition) is 2. The van der Waals surface area contributed by atoms with Gasteiger partial charge in [-0.15, -0.1) is 0 Å². The molecule has 118 valence electrons. The fourth-order valence-corrected chi connectivity index (χ4v) is 3.08. The van der Waals surface area contributed by atoms with Crippen LogP contribution >= 0.6 is 0 Å². The third-order valence-electron chi connectivity index (χ3n) is 4.20. The Bertz CT molecular complexity index is 689. The lowest BCUT2D eigenvalue weighted by Gasteiger charge is -2.15. The second-order valence-electron chi connectivity index (χ2n) is 6.11. The molecule has 22 heavy (non-hydrogen) atoms. The lowest BCUT2D eigenvalue weighted by Crippen LogP contribution is -2.29. The Kier molecular flexibility index (Phi) is 3.78. The number of likely N-dealkylation sites (tertiary alicyclic amines) is 1. The van der Waals surface area contributed by atoms with Crippen LogP contribution in [0.2, 0.25) is 0 Å². The number of carbonyl (C=O) groups excluding carboxylic acids is 1. The maximum absolute atomic E-state index is 12.6. The number of aliphatic hydroxyl groups excluding tert-OH is 1. The van der Waals surface area contributed by atoms with Gasteiger partial charge in [0, 0.05) is 24.7 Å². The Morgan fingerprint density at radius 2 is 2.18 bits per heavy atom. The summed E-state index contributed by atoms with van der Waals surface area (Å²) in [4.78, 5) is 14.3. The standard InChI is InChI=1S/C16H21N3O3/c1-9-4-13(18-17-9)6-12-7-19(8-15(12)20)16(21)14-5-10(2)22-11(14)3/h4-5,12,15,20H,6-8H2,1-3H3,(H,17,18)/t12-,15+/m1/s1. The van der Waals surface area contributed by atoms with Crippen molar-refractivity contribution < 1.29 is 14.3 Å². The minimum absolute atomic E-state index is 0.0138. The molecule has 2 aromatic heterocycles. The lowest BCUT2D eigenvalue weighted by atomic mass is 10.0. The fraction of sp³-hybridized carbons (Fsp3) is 0.500. The average Bonchev–Trinajstić information content (AvgIpc) is 3.11. The fourth-order valence-electron chi connectivity index (χ4n) is 3.08. The molecule has 1 aliphatic heterocycles. The molecule has 2 atom stereocenters. The van der Waals surface area contributed by atoms with Crippen molar-refractivity contribution in [3.8, 4) is 0 Å². The molecule has 1 saturated heterocycles. The van der Waals surface area contributed by atoms with Crippen molar-refractivity contribution in [2.75, 3.05) is 13.1 Å². The molecule has 0 bridgehead atoms. The number of rotatable bonds is 3. The SMILES string of the molecule is Cc1cc(C[C@@H]2CN(C(=O)c3cc(C)oc3C)C[C@@H]2O)n[nH]1. The first-order valence-corrected chi connectivity index (χ1v) is 7.49. The van der Waals surface area contributed by atoms with E-state index < -0.39 is 6.10 Å². The number of carbonyl (C=O) groups is 1. The zero-order valence-corrected chi connectivity index (χ0v) is 13.1. The first-order chi connectivity index (χ1) is 10.4. The zero-order chi connectivity index (χ0) is 15.9. The Labute approximate surface area is 129 Å². The summed E-state index contributed by atoms with van der Waals surface area (Å²) in [7, 11) is 0. The summed E-state index contributed by atoms with van der Waals surface area (Å²) in [5.74, 6) is 1.29. The largest absolute Gasteiger partial charge is 0.466 e. The molecular formula is C16H21N3O3. The van der Waals surface area contributed by atoms with Crippen molar-refractivity contribution in [1.29, 1.82) is 0 Å². The molecule has 1 amide bonds. The lowest BCUT2D eigenvalue weighted by molar-refractivity contribution is 0.0763. The molecule has 0 unspecified atom stereocenters. The number of hydrogen-bond acceptors (Lipinski definition) is 4. The molecule has 2 aromatic rings. The molecule has 6 nitrogen and oxygen atoms in total. The third kappa shape index (κ3) is 2.78. The summed E-state index contributed by atoms with van der Waals surface area (Å²) < 4.78 is 5.42. The van der Waals surface area contributed by atoms with Crippen LogP contribution in [-0.4, -0.2) is 45.3 Å². The van der Waals surface area contributed by atoms with Crippen molar-refractivity contribution in [2.24, 2.45) is 5.92 Å². The minimum Gasteiger partial charge on any atom is -0.466 e. The predicted molar refractivity (Wildman–Crippen MR) is 80.6 cm³/mol. The number of aliphatic hydroxyl groups is 1. The number of furan rings is 1. The first kappa shape index (κ1) is 14.8. The van der Waals surface area contributed by atoms with Gasteiger partial charge < -0.3 is 14.4 Å². The molecule has 0 spiro atoms. The molecule has 3 rings (SSSR count). The van der Waals surface area contributed by atoms with Crippen LogP contribution < -0.4 is 0 Å². The van der Waals surface area contributed by atoms with Crippen LogP contribution in [-0.2, 0) is 6.42 Å². The summed E-state index contributed by atoms with van der Waals surface area (Å²) in [6.45, 7) is 6.45. The highest BCUT2D eigenvalue weighted by atomic mass is 16.3. The van der Waals surface area contributed by atoms with Crippen molar-refractivity contribution in [1.82, 2.24) is 15.1 Å². The van der Waals surface area contributed by atoms with Gasteiger partial charge in [0.1, 0.15) is 11.5 Å². The van der Waals surface area contributed by atoms with E-state index >= 15 is 0 Å². The number of amides is 1. The molecule has 0 aromatic carbocycles. The molecule has 1 aliphatic rings. The molecule has 0 radical (unpaired) electrons. The van der Waals surface area contributed by atoms with Crippen LogP contribution in [0.1, 0.15) is 33.3 Å². The highest BCUT2D eigenvalue weighted by Gasteiger charge is 2.35. The molecule has 6 heteroatoms. The van der Waals surface area contributed by atoms with Gasteiger partial charge in [0.15, 0.2) is 0 Å². The Hall–Kier alpha value is -2.08. The Morgan fingerprint density at radius 1 is 1.41 bits per heavy atom. The average molecular weight is 303 g/mol. The van der Waals surface area contributed by atoms with E-state index in [-0.39, 0.29) is 11.8 Å². The van der Waals surface area contributed by atoms with Crippen molar-refractivity contribution in [3.63, 3.8) is 0 Å². The number of nitrogens with one attached hydrogen (secondary N) is 1. The van der Waals surface area contributed by atoms with Crippen molar-refractivity contribution in [2.45, 2.75) is 33.3 Å². The third-order valence-corrected chi connectivity index (χ3v) is 4.20. The van der Waals surface area contributed by atoms with Gasteiger partial charge in [0.2, 0.25) is 0 Å². The summed E-state index contributed by atoms with van der Waals surface area (Å²) in [5, 5.41) is 17.4. The number of aromatic nitrogens is 2. The van der Waals surface area contributed by atoms with Crippen LogP contribution in [0.15, 0.2) is 16.5 Å². The van der Waals surface area contributed by atoms with Gasteiger partial charge >= 0.3 is 0 Å². The van der Waals surface area contributed by atoms with E-state index in [1.54, 1.807) is 17.9 Å². The van der Waals surface area contributed by atoms with Crippen LogP contribution in [0.25, 0.3) is 0 Å². The van der Waals surface area contributed by atoms with Crippen LogP contribution in [0.4, 0.5) is 0 Å². The molecule has 2 N–H and O–H groups in total. The Morgan fingerprint density at radius 3 is 2.77 bits per heavy atom. The predicted octanol–water partition coefficient (Wildman–Crippen LogP) is 1.60. The van der Waals surface area contributed by atoms with Crippen molar-refractivity contribution >= 4 is 5.91 Å². The minimum atomic E-state index is -0.519. The van der Waals surface area contributed by atoms with Gasteiger partial charge in [-0.25, -0.2) is 0 Å². The van der Waals surface area contributed by atoms with Gasteiger partial charge in [-0.2, -0.15) is 5.10 Å². The van der Waals surface area contributed by atoms with E-state index in [1.807, 2.05) is 19.9 Å². The maximum atomic E-state index is 12.6. The van der Waals surface area contributed by atoms with E-state index in [0.717, 1.165) is 17.1 Å². The van der Waals surface area contributed by atoms with Crippen LogP contribution in [0, 0.1) is 26.7 Å². The maximum Gasteiger partial charge on any atom is 0.257 e. The summed E-state index contributed by atoms with van der Waals surface area (Å²) in [5.41, 5.74) is 2.51. The quantitative estimate of drug-likeness (QED) is 0.902. The molecular weight excluding hydrogens is 282 g/mol. The molecule has 0 aliphatic carbocycles. The Balaban J connectivity index is 1.70. The number of H-pyrrole nitrogens is 1. The number of β-amino-alcohol motifs (C(OH)–C–C–N with tert-alkyl or cyclic N) is 1. The smallest absolute Gasteiger partial charge is 0.257 e. The van der Waals surface area contributed by atoms with E-state index in [4.69, 9.17) is 4.42 Å². The van der Waals surface area contributed by atoms with Crippen LogP contribution in [0.5, 0.6) is 0 Å². The van der Waals surface area contributed by atoms with E-state index in [9.17, 15) is 9.90 Å².